The van der Waals surface area contributed by atoms with Crippen molar-refractivity contribution in [1.29, 1.82) is 0 Å². The maximum Gasteiger partial charge on any atom is 0.270 e. The van der Waals surface area contributed by atoms with Gasteiger partial charge in [0.1, 0.15) is 12.4 Å². The lowest BCUT2D eigenvalue weighted by atomic mass is 9.97. The van der Waals surface area contributed by atoms with Crippen LogP contribution in [-0.4, -0.2) is 63.2 Å². The minimum atomic E-state index is -0.526. The maximum absolute atomic E-state index is 13.4. The molecule has 1 fully saturated rings. The third-order valence-corrected chi connectivity index (χ3v) is 7.18. The summed E-state index contributed by atoms with van der Waals surface area (Å²) < 4.78 is 7.54. The number of nitrogens with one attached hydrogen (secondary N) is 1. The second kappa shape index (κ2) is 11.5. The summed E-state index contributed by atoms with van der Waals surface area (Å²) in [6, 6.07) is 10.0. The van der Waals surface area contributed by atoms with Gasteiger partial charge in [0.05, 0.1) is 16.2 Å². The molecule has 12 heteroatoms. The van der Waals surface area contributed by atoms with Crippen LogP contribution in [0.4, 0.5) is 11.4 Å². The number of amides is 1. The van der Waals surface area contributed by atoms with Crippen molar-refractivity contribution in [3.8, 4) is 5.75 Å². The molecule has 1 saturated carbocycles. The molecule has 0 radical (unpaired) electrons. The molecule has 0 atom stereocenters. The van der Waals surface area contributed by atoms with Gasteiger partial charge < -0.3 is 15.0 Å². The lowest BCUT2D eigenvalue weighted by molar-refractivity contribution is -0.384. The van der Waals surface area contributed by atoms with Crippen LogP contribution in [0.3, 0.4) is 0 Å². The number of aryl methyl sites for hydroxylation is 1. The normalized spacial score (nSPS) is 13.8. The number of rotatable bonds is 10. The molecule has 1 aliphatic carbocycles. The first-order valence-electron chi connectivity index (χ1n) is 11.7. The molecule has 11 nitrogen and oxygen atoms in total. The van der Waals surface area contributed by atoms with Crippen molar-refractivity contribution < 1.29 is 14.5 Å². The van der Waals surface area contributed by atoms with Crippen LogP contribution >= 0.6 is 11.8 Å². The zero-order valence-electron chi connectivity index (χ0n) is 20.5. The molecule has 3 aromatic rings. The molecule has 36 heavy (non-hydrogen) atoms. The molecule has 4 rings (SSSR count). The molecule has 0 unspecified atom stereocenters. The summed E-state index contributed by atoms with van der Waals surface area (Å²) in [7, 11) is 5.61. The average molecular weight is 512 g/mol. The van der Waals surface area contributed by atoms with Crippen LogP contribution in [-0.2, 0) is 7.05 Å². The van der Waals surface area contributed by atoms with Crippen molar-refractivity contribution in [3.63, 3.8) is 0 Å². The molecule has 0 saturated heterocycles. The van der Waals surface area contributed by atoms with Crippen molar-refractivity contribution >= 4 is 29.0 Å². The minimum absolute atomic E-state index is 0.149. The highest BCUT2D eigenvalue weighted by atomic mass is 32.2. The number of likely N-dealkylation sites (N-methyl/N-ethyl adjacent to an activating group) is 1. The zero-order valence-corrected chi connectivity index (χ0v) is 21.3. The van der Waals surface area contributed by atoms with Crippen LogP contribution in [0.2, 0.25) is 0 Å². The Hall–Kier alpha value is -3.51. The Morgan fingerprint density at radius 1 is 1.25 bits per heavy atom. The lowest BCUT2D eigenvalue weighted by Gasteiger charge is -2.18. The number of nitro groups is 1. The van der Waals surface area contributed by atoms with Crippen LogP contribution < -0.4 is 10.1 Å². The third kappa shape index (κ3) is 6.18. The summed E-state index contributed by atoms with van der Waals surface area (Å²) in [5.74, 6) is 0.597. The number of ether oxygens (including phenoxy) is 1. The van der Waals surface area contributed by atoms with Gasteiger partial charge in [0.2, 0.25) is 5.16 Å². The summed E-state index contributed by atoms with van der Waals surface area (Å²) in [6.45, 7) is 1.18. The summed E-state index contributed by atoms with van der Waals surface area (Å²) in [6.07, 6.45) is 4.73. The van der Waals surface area contributed by atoms with E-state index in [0.29, 0.717) is 34.0 Å². The van der Waals surface area contributed by atoms with Crippen LogP contribution in [0.25, 0.3) is 0 Å². The molecular formula is C24H29N7O4S. The molecule has 0 aliphatic heterocycles. The van der Waals surface area contributed by atoms with E-state index in [-0.39, 0.29) is 11.3 Å². The summed E-state index contributed by atoms with van der Waals surface area (Å²) in [4.78, 5) is 26.8. The highest BCUT2D eigenvalue weighted by Gasteiger charge is 2.22. The SMILES string of the molecule is CN(C)CCOc1cc(C2CCCC2)ccc1NC(=O)c1cc([N+](=O)[O-])ccc1Sc1nnnn1C. The number of carbonyl (C=O) groups is 1. The van der Waals surface area contributed by atoms with E-state index >= 15 is 0 Å². The minimum Gasteiger partial charge on any atom is -0.490 e. The van der Waals surface area contributed by atoms with Crippen LogP contribution in [0.15, 0.2) is 46.5 Å². The number of nitro benzene ring substituents is 1. The molecule has 1 aliphatic rings. The smallest absolute Gasteiger partial charge is 0.270 e. The van der Waals surface area contributed by atoms with Gasteiger partial charge in [-0.05, 0) is 78.8 Å². The van der Waals surface area contributed by atoms with Crippen LogP contribution in [0, 0.1) is 10.1 Å². The summed E-state index contributed by atoms with van der Waals surface area (Å²) in [5.41, 5.74) is 1.69. The number of hydrogen-bond donors (Lipinski definition) is 1. The Bertz CT molecular complexity index is 1240. The first kappa shape index (κ1) is 25.6. The third-order valence-electron chi connectivity index (χ3n) is 6.08. The molecular weight excluding hydrogens is 482 g/mol. The van der Waals surface area contributed by atoms with E-state index in [1.54, 1.807) is 7.05 Å². The van der Waals surface area contributed by atoms with Gasteiger partial charge in [0, 0.05) is 30.6 Å². The Labute approximate surface area is 213 Å². The van der Waals surface area contributed by atoms with E-state index < -0.39 is 10.8 Å². The molecule has 0 bridgehead atoms. The highest BCUT2D eigenvalue weighted by molar-refractivity contribution is 7.99. The monoisotopic (exact) mass is 511 g/mol. The molecule has 1 heterocycles. The average Bonchev–Trinajstić information content (AvgIpc) is 3.52. The quantitative estimate of drug-likeness (QED) is 0.316. The van der Waals surface area contributed by atoms with E-state index in [2.05, 4.69) is 20.8 Å². The number of benzene rings is 2. The Morgan fingerprint density at radius 3 is 2.69 bits per heavy atom. The van der Waals surface area contributed by atoms with Gasteiger partial charge >= 0.3 is 0 Å². The lowest BCUT2D eigenvalue weighted by Crippen LogP contribution is -2.20. The molecule has 1 N–H and O–H groups in total. The second-order valence-corrected chi connectivity index (χ2v) is 9.98. The van der Waals surface area contributed by atoms with Gasteiger partial charge in [-0.2, -0.15) is 0 Å². The Morgan fingerprint density at radius 2 is 2.03 bits per heavy atom. The van der Waals surface area contributed by atoms with E-state index in [9.17, 15) is 14.9 Å². The number of carbonyl (C=O) groups excluding carboxylic acids is 1. The predicted molar refractivity (Wildman–Crippen MR) is 136 cm³/mol. The van der Waals surface area contributed by atoms with Crippen molar-refractivity contribution in [2.45, 2.75) is 41.7 Å². The molecule has 2 aromatic carbocycles. The fourth-order valence-corrected chi connectivity index (χ4v) is 4.95. The van der Waals surface area contributed by atoms with Gasteiger partial charge in [0.15, 0.2) is 0 Å². The second-order valence-electron chi connectivity index (χ2n) is 8.97. The molecule has 1 amide bonds. The van der Waals surface area contributed by atoms with Gasteiger partial charge in [-0.15, -0.1) is 5.10 Å². The van der Waals surface area contributed by atoms with Crippen molar-refractivity contribution in [1.82, 2.24) is 25.1 Å². The summed E-state index contributed by atoms with van der Waals surface area (Å²) >= 11 is 1.15. The maximum atomic E-state index is 13.4. The van der Waals surface area contributed by atoms with Crippen LogP contribution in [0.5, 0.6) is 5.75 Å². The molecule has 0 spiro atoms. The fourth-order valence-electron chi connectivity index (χ4n) is 4.11. The first-order valence-corrected chi connectivity index (χ1v) is 12.5. The van der Waals surface area contributed by atoms with E-state index in [0.717, 1.165) is 31.1 Å². The highest BCUT2D eigenvalue weighted by Crippen LogP contribution is 2.38. The summed E-state index contributed by atoms with van der Waals surface area (Å²) in [5, 5.41) is 26.1. The molecule has 1 aromatic heterocycles. The zero-order chi connectivity index (χ0) is 25.7. The number of non-ortho nitro benzene ring substituents is 1. The van der Waals surface area contributed by atoms with Gasteiger partial charge in [0.25, 0.3) is 11.6 Å². The topological polar surface area (TPSA) is 128 Å². The first-order chi connectivity index (χ1) is 17.3. The fraction of sp³-hybridized carbons (Fsp3) is 0.417. The Balaban J connectivity index is 1.63. The van der Waals surface area contributed by atoms with Gasteiger partial charge in [-0.3, -0.25) is 14.9 Å². The number of tetrazole rings is 1. The van der Waals surface area contributed by atoms with Crippen molar-refractivity contribution in [2.24, 2.45) is 7.05 Å². The number of nitrogens with zero attached hydrogens (tertiary/aromatic N) is 6. The largest absolute Gasteiger partial charge is 0.490 e. The van der Waals surface area contributed by atoms with E-state index in [1.807, 2.05) is 37.2 Å². The van der Waals surface area contributed by atoms with Crippen LogP contribution in [0.1, 0.15) is 47.5 Å². The van der Waals surface area contributed by atoms with E-state index in [1.165, 1.54) is 41.3 Å². The standard InChI is InChI=1S/C24H29N7O4S/c1-29(2)12-13-35-21-14-17(16-6-4-5-7-16)8-10-20(21)25-23(32)19-15-18(31(33)34)9-11-22(19)36-24-26-27-28-30(24)3/h8-11,14-16H,4-7,12-13H2,1-3H3,(H,25,32). The number of anilines is 1. The Kier molecular flexibility index (Phi) is 8.16. The van der Waals surface area contributed by atoms with Gasteiger partial charge in [-0.25, -0.2) is 4.68 Å². The van der Waals surface area contributed by atoms with Crippen molar-refractivity contribution in [3.05, 3.63) is 57.6 Å². The van der Waals surface area contributed by atoms with Crippen molar-refractivity contribution in [2.75, 3.05) is 32.6 Å². The van der Waals surface area contributed by atoms with E-state index in [4.69, 9.17) is 4.74 Å². The number of hydrogen-bond acceptors (Lipinski definition) is 9. The number of aromatic nitrogens is 4. The van der Waals surface area contributed by atoms with Gasteiger partial charge in [-0.1, -0.05) is 18.9 Å². The molecule has 190 valence electrons. The predicted octanol–water partition coefficient (Wildman–Crippen LogP) is 4.12.